The molecule has 0 saturated heterocycles. The number of hydrogen-bond acceptors (Lipinski definition) is 7. The molecule has 4 aromatic carbocycles. The molecule has 2 heterocycles. The molecule has 6 rings (SSSR count). The van der Waals surface area contributed by atoms with E-state index in [1.807, 2.05) is 48.5 Å². The van der Waals surface area contributed by atoms with E-state index in [0.29, 0.717) is 22.7 Å². The third-order valence-corrected chi connectivity index (χ3v) is 7.01. The molecule has 8 heteroatoms. The minimum atomic E-state index is -1.02. The number of para-hydroxylation sites is 1. The molecule has 0 radical (unpaired) electrons. The van der Waals surface area contributed by atoms with Gasteiger partial charge in [0.25, 0.3) is 5.91 Å². The highest BCUT2D eigenvalue weighted by Gasteiger charge is 2.23. The van der Waals surface area contributed by atoms with Crippen LogP contribution >= 0.6 is 11.3 Å². The number of carbonyl (C=O) groups excluding carboxylic acids is 2. The van der Waals surface area contributed by atoms with Crippen LogP contribution in [-0.2, 0) is 9.53 Å². The van der Waals surface area contributed by atoms with Gasteiger partial charge in [-0.25, -0.2) is 9.78 Å². The molecule has 7 nitrogen and oxygen atoms in total. The van der Waals surface area contributed by atoms with Gasteiger partial charge in [-0.2, -0.15) is 0 Å². The van der Waals surface area contributed by atoms with Crippen LogP contribution in [0.2, 0.25) is 0 Å². The number of anilines is 1. The maximum absolute atomic E-state index is 13.3. The molecule has 0 aliphatic carbocycles. The summed E-state index contributed by atoms with van der Waals surface area (Å²) in [5, 5.41) is 5.20. The highest BCUT2D eigenvalue weighted by atomic mass is 32.1. The molecule has 1 aliphatic heterocycles. The highest BCUT2D eigenvalue weighted by molar-refractivity contribution is 7.21. The molecule has 1 aromatic heterocycles. The van der Waals surface area contributed by atoms with Crippen molar-refractivity contribution in [3.05, 3.63) is 84.4 Å². The van der Waals surface area contributed by atoms with Crippen LogP contribution in [0.15, 0.2) is 78.9 Å². The Bertz CT molecular complexity index is 1610. The first-order valence-electron chi connectivity index (χ1n) is 11.4. The lowest BCUT2D eigenvalue weighted by Crippen LogP contribution is -2.30. The number of carbonyl (C=O) groups is 2. The summed E-state index contributed by atoms with van der Waals surface area (Å²) in [6.45, 7) is 1.69. The van der Waals surface area contributed by atoms with E-state index in [1.54, 1.807) is 48.6 Å². The normalized spacial score (nSPS) is 13.0. The molecule has 0 spiro atoms. The highest BCUT2D eigenvalue weighted by Crippen LogP contribution is 2.37. The number of nitrogens with zero attached hydrogens (tertiary/aromatic N) is 1. The molecular weight excluding hydrogens is 476 g/mol. The Balaban J connectivity index is 1.28. The van der Waals surface area contributed by atoms with Crippen LogP contribution in [0.25, 0.3) is 31.6 Å². The Labute approximate surface area is 210 Å². The average molecular weight is 497 g/mol. The predicted octanol–water partition coefficient (Wildman–Crippen LogP) is 6.03. The van der Waals surface area contributed by atoms with Crippen molar-refractivity contribution in [3.8, 4) is 22.1 Å². The Morgan fingerprint density at radius 2 is 1.78 bits per heavy atom. The molecule has 178 valence electrons. The summed E-state index contributed by atoms with van der Waals surface area (Å²) in [6, 6.07) is 24.3. The predicted molar refractivity (Wildman–Crippen MR) is 139 cm³/mol. The SMILES string of the molecule is CC(OC(=O)c1cccc2cccc(-c3nc4ccccc4s3)c12)C(=O)Nc1ccc2c(c1)OCO2. The zero-order valence-corrected chi connectivity index (χ0v) is 20.0. The molecule has 0 saturated carbocycles. The van der Waals surface area contributed by atoms with Gasteiger partial charge in [0, 0.05) is 22.7 Å². The van der Waals surface area contributed by atoms with Crippen molar-refractivity contribution in [1.82, 2.24) is 4.98 Å². The van der Waals surface area contributed by atoms with E-state index < -0.39 is 18.0 Å². The Morgan fingerprint density at radius 3 is 2.64 bits per heavy atom. The monoisotopic (exact) mass is 496 g/mol. The summed E-state index contributed by atoms with van der Waals surface area (Å²) in [5.41, 5.74) is 2.66. The van der Waals surface area contributed by atoms with Crippen LogP contribution < -0.4 is 14.8 Å². The number of ether oxygens (including phenoxy) is 3. The fourth-order valence-electron chi connectivity index (χ4n) is 4.17. The van der Waals surface area contributed by atoms with Gasteiger partial charge < -0.3 is 19.5 Å². The summed E-state index contributed by atoms with van der Waals surface area (Å²) in [7, 11) is 0. The number of aromatic nitrogens is 1. The van der Waals surface area contributed by atoms with Crippen LogP contribution in [0.5, 0.6) is 11.5 Å². The number of esters is 1. The largest absolute Gasteiger partial charge is 0.454 e. The first kappa shape index (κ1) is 22.1. The van der Waals surface area contributed by atoms with Crippen molar-refractivity contribution in [3.63, 3.8) is 0 Å². The second-order valence-corrected chi connectivity index (χ2v) is 9.33. The maximum Gasteiger partial charge on any atom is 0.339 e. The van der Waals surface area contributed by atoms with Gasteiger partial charge in [-0.15, -0.1) is 11.3 Å². The molecule has 5 aromatic rings. The van der Waals surface area contributed by atoms with Crippen molar-refractivity contribution in [2.24, 2.45) is 0 Å². The zero-order valence-electron chi connectivity index (χ0n) is 19.2. The van der Waals surface area contributed by atoms with Gasteiger partial charge in [-0.05, 0) is 42.6 Å². The number of hydrogen-bond donors (Lipinski definition) is 1. The van der Waals surface area contributed by atoms with Gasteiger partial charge in [0.2, 0.25) is 6.79 Å². The van der Waals surface area contributed by atoms with Gasteiger partial charge in [0.05, 0.1) is 15.8 Å². The maximum atomic E-state index is 13.3. The third-order valence-electron chi connectivity index (χ3n) is 5.94. The van der Waals surface area contributed by atoms with Gasteiger partial charge in [0.1, 0.15) is 5.01 Å². The van der Waals surface area contributed by atoms with Gasteiger partial charge in [-0.3, -0.25) is 4.79 Å². The average Bonchev–Trinajstić information content (AvgIpc) is 3.54. The van der Waals surface area contributed by atoms with E-state index in [9.17, 15) is 9.59 Å². The minimum absolute atomic E-state index is 0.144. The Kier molecular flexibility index (Phi) is 5.50. The second kappa shape index (κ2) is 8.98. The van der Waals surface area contributed by atoms with E-state index in [4.69, 9.17) is 19.2 Å². The molecular formula is C28H20N2O5S. The number of thiazole rings is 1. The first-order chi connectivity index (χ1) is 17.6. The van der Waals surface area contributed by atoms with Crippen molar-refractivity contribution < 1.29 is 23.8 Å². The molecule has 36 heavy (non-hydrogen) atoms. The van der Waals surface area contributed by atoms with E-state index in [0.717, 1.165) is 31.6 Å². The third kappa shape index (κ3) is 4.01. The number of benzene rings is 4. The quantitative estimate of drug-likeness (QED) is 0.299. The van der Waals surface area contributed by atoms with Crippen molar-refractivity contribution >= 4 is 49.9 Å². The summed E-state index contributed by atoms with van der Waals surface area (Å²) in [6.07, 6.45) is -1.02. The van der Waals surface area contributed by atoms with Gasteiger partial charge in [0.15, 0.2) is 17.6 Å². The summed E-state index contributed by atoms with van der Waals surface area (Å²) in [5.74, 6) is 0.138. The van der Waals surface area contributed by atoms with Gasteiger partial charge >= 0.3 is 5.97 Å². The fourth-order valence-corrected chi connectivity index (χ4v) is 5.17. The summed E-state index contributed by atoms with van der Waals surface area (Å²) < 4.78 is 17.3. The van der Waals surface area contributed by atoms with Gasteiger partial charge in [-0.1, -0.05) is 42.5 Å². The molecule has 1 amide bonds. The molecule has 0 fully saturated rings. The Morgan fingerprint density at radius 1 is 0.972 bits per heavy atom. The lowest BCUT2D eigenvalue weighted by atomic mass is 9.99. The molecule has 1 N–H and O–H groups in total. The lowest BCUT2D eigenvalue weighted by molar-refractivity contribution is -0.123. The second-order valence-electron chi connectivity index (χ2n) is 8.30. The number of amides is 1. The minimum Gasteiger partial charge on any atom is -0.454 e. The first-order valence-corrected chi connectivity index (χ1v) is 12.2. The smallest absolute Gasteiger partial charge is 0.339 e. The molecule has 0 bridgehead atoms. The van der Waals surface area contributed by atoms with E-state index in [1.165, 1.54) is 0 Å². The van der Waals surface area contributed by atoms with E-state index in [-0.39, 0.29) is 6.79 Å². The van der Waals surface area contributed by atoms with Crippen molar-refractivity contribution in [2.75, 3.05) is 12.1 Å². The summed E-state index contributed by atoms with van der Waals surface area (Å²) in [4.78, 5) is 30.8. The van der Waals surface area contributed by atoms with Crippen LogP contribution in [0.1, 0.15) is 17.3 Å². The number of rotatable bonds is 5. The van der Waals surface area contributed by atoms with Crippen LogP contribution in [0, 0.1) is 0 Å². The molecule has 1 atom stereocenters. The van der Waals surface area contributed by atoms with Crippen LogP contribution in [0.4, 0.5) is 5.69 Å². The standard InChI is InChI=1S/C28H20N2O5S/c1-16(26(31)29-18-12-13-22-23(14-18)34-15-33-22)35-28(32)20-9-5-7-17-6-4-8-19(25(17)20)27-30-21-10-2-3-11-24(21)36-27/h2-14,16H,15H2,1H3,(H,29,31). The number of nitrogens with one attached hydrogen (secondary N) is 1. The molecule has 1 aliphatic rings. The lowest BCUT2D eigenvalue weighted by Gasteiger charge is -2.15. The topological polar surface area (TPSA) is 86.8 Å². The number of fused-ring (bicyclic) bond motifs is 3. The molecule has 1 unspecified atom stereocenters. The fraction of sp³-hybridized carbons (Fsp3) is 0.107. The van der Waals surface area contributed by atoms with E-state index in [2.05, 4.69) is 5.32 Å². The van der Waals surface area contributed by atoms with E-state index >= 15 is 0 Å². The van der Waals surface area contributed by atoms with Crippen molar-refractivity contribution in [1.29, 1.82) is 0 Å². The van der Waals surface area contributed by atoms with Crippen molar-refractivity contribution in [2.45, 2.75) is 13.0 Å². The van der Waals surface area contributed by atoms with Crippen LogP contribution in [0.3, 0.4) is 0 Å². The Hall–Kier alpha value is -4.43. The van der Waals surface area contributed by atoms with Crippen LogP contribution in [-0.4, -0.2) is 29.8 Å². The zero-order chi connectivity index (χ0) is 24.6. The summed E-state index contributed by atoms with van der Waals surface area (Å²) >= 11 is 1.57.